The van der Waals surface area contributed by atoms with Gasteiger partial charge in [0.05, 0.1) is 13.1 Å². The van der Waals surface area contributed by atoms with Crippen molar-refractivity contribution in [2.45, 2.75) is 13.5 Å². The first kappa shape index (κ1) is 18.1. The number of amides is 1. The molecular formula is C19H19ClN4O2. The summed E-state index contributed by atoms with van der Waals surface area (Å²) >= 11 is 5.88. The summed E-state index contributed by atoms with van der Waals surface area (Å²) < 4.78 is 5.27. The van der Waals surface area contributed by atoms with Crippen molar-refractivity contribution >= 4 is 23.2 Å². The van der Waals surface area contributed by atoms with Gasteiger partial charge in [-0.25, -0.2) is 0 Å². The number of nitrogens with one attached hydrogen (secondary N) is 1. The van der Waals surface area contributed by atoms with Crippen LogP contribution in [-0.4, -0.2) is 34.5 Å². The largest absolute Gasteiger partial charge is 0.338 e. The van der Waals surface area contributed by atoms with Crippen molar-refractivity contribution in [3.8, 4) is 11.4 Å². The van der Waals surface area contributed by atoms with E-state index in [-0.39, 0.29) is 12.5 Å². The molecule has 3 rings (SSSR count). The molecular weight excluding hydrogens is 352 g/mol. The second-order valence-electron chi connectivity index (χ2n) is 6.11. The Bertz CT molecular complexity index is 875. The molecule has 0 fully saturated rings. The van der Waals surface area contributed by atoms with Crippen molar-refractivity contribution < 1.29 is 9.32 Å². The zero-order valence-corrected chi connectivity index (χ0v) is 15.3. The summed E-state index contributed by atoms with van der Waals surface area (Å²) in [6.45, 7) is 2.59. The van der Waals surface area contributed by atoms with Gasteiger partial charge in [-0.05, 0) is 50.4 Å². The Morgan fingerprint density at radius 1 is 1.15 bits per heavy atom. The van der Waals surface area contributed by atoms with Crippen LogP contribution in [0.4, 0.5) is 5.69 Å². The summed E-state index contributed by atoms with van der Waals surface area (Å²) in [5, 5.41) is 7.48. The van der Waals surface area contributed by atoms with Gasteiger partial charge in [0.1, 0.15) is 0 Å². The van der Waals surface area contributed by atoms with Gasteiger partial charge in [0.25, 0.3) is 0 Å². The van der Waals surface area contributed by atoms with E-state index in [2.05, 4.69) is 15.5 Å². The minimum absolute atomic E-state index is 0.103. The molecule has 2 aromatic carbocycles. The van der Waals surface area contributed by atoms with E-state index in [1.165, 1.54) is 0 Å². The van der Waals surface area contributed by atoms with Gasteiger partial charge in [-0.15, -0.1) is 0 Å². The lowest BCUT2D eigenvalue weighted by molar-refractivity contribution is -0.117. The van der Waals surface area contributed by atoms with Crippen LogP contribution in [0, 0.1) is 6.92 Å². The smallest absolute Gasteiger partial charge is 0.241 e. The van der Waals surface area contributed by atoms with E-state index < -0.39 is 0 Å². The third-order valence-electron chi connectivity index (χ3n) is 3.72. The highest BCUT2D eigenvalue weighted by Crippen LogP contribution is 2.19. The average Bonchev–Trinajstić information content (AvgIpc) is 3.05. The van der Waals surface area contributed by atoms with E-state index in [0.717, 1.165) is 16.8 Å². The highest BCUT2D eigenvalue weighted by Gasteiger charge is 2.13. The van der Waals surface area contributed by atoms with Crippen LogP contribution in [0.5, 0.6) is 0 Å². The highest BCUT2D eigenvalue weighted by atomic mass is 35.5. The average molecular weight is 371 g/mol. The number of hydrogen-bond donors (Lipinski definition) is 1. The Morgan fingerprint density at radius 3 is 2.54 bits per heavy atom. The van der Waals surface area contributed by atoms with E-state index in [4.69, 9.17) is 16.1 Å². The van der Waals surface area contributed by atoms with E-state index in [0.29, 0.717) is 23.3 Å². The second-order valence-corrected chi connectivity index (χ2v) is 6.54. The maximum Gasteiger partial charge on any atom is 0.241 e. The molecule has 0 bridgehead atoms. The van der Waals surface area contributed by atoms with Crippen molar-refractivity contribution in [1.29, 1.82) is 0 Å². The number of rotatable bonds is 6. The molecule has 0 aliphatic rings. The molecule has 3 aromatic rings. The van der Waals surface area contributed by atoms with E-state index in [1.54, 1.807) is 12.1 Å². The number of halogens is 1. The van der Waals surface area contributed by atoms with Crippen LogP contribution in [0.3, 0.4) is 0 Å². The van der Waals surface area contributed by atoms with Crippen molar-refractivity contribution in [3.05, 3.63) is 65.0 Å². The van der Waals surface area contributed by atoms with Crippen LogP contribution >= 0.6 is 11.6 Å². The minimum atomic E-state index is -0.103. The van der Waals surface area contributed by atoms with Crippen LogP contribution in [0.2, 0.25) is 5.02 Å². The van der Waals surface area contributed by atoms with Crippen LogP contribution < -0.4 is 5.32 Å². The van der Waals surface area contributed by atoms with E-state index in [9.17, 15) is 4.79 Å². The summed E-state index contributed by atoms with van der Waals surface area (Å²) in [4.78, 5) is 18.3. The number of hydrogen-bond acceptors (Lipinski definition) is 5. The molecule has 1 N–H and O–H groups in total. The first-order valence-electron chi connectivity index (χ1n) is 8.13. The van der Waals surface area contributed by atoms with Gasteiger partial charge in [0.15, 0.2) is 0 Å². The molecule has 7 heteroatoms. The lowest BCUT2D eigenvalue weighted by Crippen LogP contribution is -2.29. The van der Waals surface area contributed by atoms with Gasteiger partial charge in [0.2, 0.25) is 17.6 Å². The molecule has 0 unspecified atom stereocenters. The molecule has 0 saturated carbocycles. The Balaban J connectivity index is 1.54. The summed E-state index contributed by atoms with van der Waals surface area (Å²) in [6, 6.07) is 14.9. The van der Waals surface area contributed by atoms with Gasteiger partial charge in [0, 0.05) is 16.3 Å². The molecule has 1 amide bonds. The summed E-state index contributed by atoms with van der Waals surface area (Å²) in [7, 11) is 1.82. The van der Waals surface area contributed by atoms with Gasteiger partial charge in [-0.2, -0.15) is 4.98 Å². The number of anilines is 1. The number of aryl methyl sites for hydroxylation is 1. The van der Waals surface area contributed by atoms with Crippen LogP contribution in [0.1, 0.15) is 11.5 Å². The topological polar surface area (TPSA) is 71.3 Å². The number of likely N-dealkylation sites (N-methyl/N-ethyl adjacent to an activating group) is 1. The Hall–Kier alpha value is -2.70. The molecule has 26 heavy (non-hydrogen) atoms. The molecule has 134 valence electrons. The van der Waals surface area contributed by atoms with E-state index >= 15 is 0 Å². The van der Waals surface area contributed by atoms with E-state index in [1.807, 2.05) is 55.3 Å². The number of carbonyl (C=O) groups is 1. The monoisotopic (exact) mass is 370 g/mol. The third kappa shape index (κ3) is 4.91. The Labute approximate surface area is 156 Å². The normalized spacial score (nSPS) is 10.9. The SMILES string of the molecule is Cc1ccc(NC(=O)CN(C)Cc2nc(-c3ccc(Cl)cc3)no2)cc1. The molecule has 0 spiro atoms. The van der Waals surface area contributed by atoms with Crippen molar-refractivity contribution in [3.63, 3.8) is 0 Å². The molecule has 1 aromatic heterocycles. The molecule has 1 heterocycles. The standard InChI is InChI=1S/C19H19ClN4O2/c1-13-3-9-16(10-4-13)21-17(25)11-24(2)12-18-22-19(23-26-18)14-5-7-15(20)8-6-14/h3-10H,11-12H2,1-2H3,(H,21,25). The maximum atomic E-state index is 12.1. The summed E-state index contributed by atoms with van der Waals surface area (Å²) in [5.74, 6) is 0.837. The van der Waals surface area contributed by atoms with Gasteiger partial charge < -0.3 is 9.84 Å². The first-order chi connectivity index (χ1) is 12.5. The van der Waals surface area contributed by atoms with Crippen LogP contribution in [0.25, 0.3) is 11.4 Å². The third-order valence-corrected chi connectivity index (χ3v) is 3.98. The van der Waals surface area contributed by atoms with Gasteiger partial charge in [-0.3, -0.25) is 9.69 Å². The lowest BCUT2D eigenvalue weighted by atomic mass is 10.2. The van der Waals surface area contributed by atoms with Crippen molar-refractivity contribution in [2.24, 2.45) is 0 Å². The number of nitrogens with zero attached hydrogens (tertiary/aromatic N) is 3. The van der Waals surface area contributed by atoms with Crippen molar-refractivity contribution in [2.75, 3.05) is 18.9 Å². The Morgan fingerprint density at radius 2 is 1.85 bits per heavy atom. The molecule has 0 radical (unpaired) electrons. The molecule has 0 aliphatic heterocycles. The lowest BCUT2D eigenvalue weighted by Gasteiger charge is -2.13. The second kappa shape index (κ2) is 8.12. The fraction of sp³-hybridized carbons (Fsp3) is 0.211. The highest BCUT2D eigenvalue weighted by molar-refractivity contribution is 6.30. The number of aromatic nitrogens is 2. The van der Waals surface area contributed by atoms with Crippen LogP contribution in [0.15, 0.2) is 53.1 Å². The Kier molecular flexibility index (Phi) is 5.65. The zero-order chi connectivity index (χ0) is 18.5. The number of carbonyl (C=O) groups excluding carboxylic acids is 1. The first-order valence-corrected chi connectivity index (χ1v) is 8.51. The van der Waals surface area contributed by atoms with Crippen molar-refractivity contribution in [1.82, 2.24) is 15.0 Å². The van der Waals surface area contributed by atoms with Gasteiger partial charge in [-0.1, -0.05) is 34.5 Å². The molecule has 0 aliphatic carbocycles. The summed E-state index contributed by atoms with van der Waals surface area (Å²) in [6.07, 6.45) is 0. The quantitative estimate of drug-likeness (QED) is 0.715. The summed E-state index contributed by atoms with van der Waals surface area (Å²) in [5.41, 5.74) is 2.74. The minimum Gasteiger partial charge on any atom is -0.338 e. The molecule has 6 nitrogen and oxygen atoms in total. The van der Waals surface area contributed by atoms with Gasteiger partial charge >= 0.3 is 0 Å². The maximum absolute atomic E-state index is 12.1. The predicted octanol–water partition coefficient (Wildman–Crippen LogP) is 3.77. The molecule has 0 saturated heterocycles. The fourth-order valence-electron chi connectivity index (χ4n) is 2.40. The number of benzene rings is 2. The zero-order valence-electron chi connectivity index (χ0n) is 14.6. The van der Waals surface area contributed by atoms with Crippen LogP contribution in [-0.2, 0) is 11.3 Å². The molecule has 0 atom stereocenters. The fourth-order valence-corrected chi connectivity index (χ4v) is 2.53. The predicted molar refractivity (Wildman–Crippen MR) is 101 cm³/mol.